The van der Waals surface area contributed by atoms with Gasteiger partial charge in [-0.15, -0.1) is 0 Å². The summed E-state index contributed by atoms with van der Waals surface area (Å²) in [6, 6.07) is 10.3. The van der Waals surface area contributed by atoms with Gasteiger partial charge >= 0.3 is 0 Å². The van der Waals surface area contributed by atoms with Crippen LogP contribution in [0.5, 0.6) is 0 Å². The predicted octanol–water partition coefficient (Wildman–Crippen LogP) is -3.11. The number of aliphatic hydroxyl groups is 7. The summed E-state index contributed by atoms with van der Waals surface area (Å²) in [6.07, 6.45) is -16.5. The average molecular weight is 457 g/mol. The molecule has 11 atom stereocenters. The van der Waals surface area contributed by atoms with Gasteiger partial charge in [0.15, 0.2) is 18.7 Å². The molecule has 2 aliphatic heterocycles. The van der Waals surface area contributed by atoms with Crippen molar-refractivity contribution in [1.29, 1.82) is 5.26 Å². The topological polar surface area (TPSA) is 202 Å². The predicted molar refractivity (Wildman–Crippen MR) is 102 cm³/mol. The zero-order valence-corrected chi connectivity index (χ0v) is 16.9. The normalized spacial score (nSPS) is 41.1. The second kappa shape index (κ2) is 10.9. The Labute approximate surface area is 183 Å². The van der Waals surface area contributed by atoms with Gasteiger partial charge in [0.05, 0.1) is 19.3 Å². The van der Waals surface area contributed by atoms with Crippen LogP contribution in [-0.4, -0.2) is 110 Å². The largest absolute Gasteiger partial charge is 0.394 e. The smallest absolute Gasteiger partial charge is 0.188 e. The van der Waals surface area contributed by atoms with Crippen molar-refractivity contribution in [1.82, 2.24) is 0 Å². The Bertz CT molecular complexity index is 760. The number of nitriles is 1. The molecule has 2 aliphatic rings. The van der Waals surface area contributed by atoms with Crippen molar-refractivity contribution >= 4 is 0 Å². The van der Waals surface area contributed by atoms with Crippen LogP contribution in [0.2, 0.25) is 0 Å². The van der Waals surface area contributed by atoms with E-state index in [1.807, 2.05) is 6.07 Å². The number of aliphatic hydroxyl groups excluding tert-OH is 7. The monoisotopic (exact) mass is 457 g/mol. The summed E-state index contributed by atoms with van der Waals surface area (Å²) in [7, 11) is 0. The maximum atomic E-state index is 10.3. The van der Waals surface area contributed by atoms with E-state index in [1.54, 1.807) is 30.3 Å². The molecule has 0 bridgehead atoms. The van der Waals surface area contributed by atoms with Crippen LogP contribution in [0.4, 0.5) is 0 Å². The van der Waals surface area contributed by atoms with Crippen molar-refractivity contribution in [2.75, 3.05) is 13.2 Å². The van der Waals surface area contributed by atoms with Crippen LogP contribution in [0.1, 0.15) is 11.7 Å². The van der Waals surface area contributed by atoms with Crippen molar-refractivity contribution in [2.24, 2.45) is 0 Å². The lowest BCUT2D eigenvalue weighted by atomic mass is 9.98. The molecule has 0 aliphatic carbocycles. The Morgan fingerprint density at radius 3 is 1.97 bits per heavy atom. The molecule has 0 aromatic heterocycles. The van der Waals surface area contributed by atoms with Crippen LogP contribution >= 0.6 is 0 Å². The van der Waals surface area contributed by atoms with E-state index in [4.69, 9.17) is 18.9 Å². The van der Waals surface area contributed by atoms with Gasteiger partial charge < -0.3 is 54.7 Å². The first-order valence-electron chi connectivity index (χ1n) is 10.00. The fourth-order valence-electron chi connectivity index (χ4n) is 3.51. The Kier molecular flexibility index (Phi) is 8.50. The molecule has 7 N–H and O–H groups in total. The van der Waals surface area contributed by atoms with E-state index in [9.17, 15) is 41.0 Å². The lowest BCUT2D eigenvalue weighted by Crippen LogP contribution is -2.61. The average Bonchev–Trinajstić information content (AvgIpc) is 2.81. The summed E-state index contributed by atoms with van der Waals surface area (Å²) in [5, 5.41) is 79.1. The Hall–Kier alpha value is -1.73. The molecule has 12 nitrogen and oxygen atoms in total. The van der Waals surface area contributed by atoms with Gasteiger partial charge in [-0.25, -0.2) is 0 Å². The number of ether oxygens (including phenoxy) is 4. The van der Waals surface area contributed by atoms with Crippen molar-refractivity contribution in [3.05, 3.63) is 35.9 Å². The van der Waals surface area contributed by atoms with Crippen molar-refractivity contribution in [3.8, 4) is 6.07 Å². The minimum Gasteiger partial charge on any atom is -0.394 e. The second-order valence-corrected chi connectivity index (χ2v) is 7.60. The second-order valence-electron chi connectivity index (χ2n) is 7.60. The lowest BCUT2D eigenvalue weighted by molar-refractivity contribution is -0.334. The van der Waals surface area contributed by atoms with Crippen LogP contribution in [0.3, 0.4) is 0 Å². The highest BCUT2D eigenvalue weighted by Gasteiger charge is 2.48. The lowest BCUT2D eigenvalue weighted by Gasteiger charge is -2.43. The SMILES string of the molecule is N#CC(O[C@@H]1O[C@H](COC2O[C@H](CO)[C@H](O)[C@@H](O)[C@H]2O)[C@@H](O)[C@H](O)[C@H]1O)c1ccccc1. The third-order valence-electron chi connectivity index (χ3n) is 5.43. The maximum Gasteiger partial charge on any atom is 0.188 e. The van der Waals surface area contributed by atoms with Gasteiger partial charge in [0.2, 0.25) is 0 Å². The van der Waals surface area contributed by atoms with Crippen LogP contribution in [0.15, 0.2) is 30.3 Å². The summed E-state index contributed by atoms with van der Waals surface area (Å²) in [4.78, 5) is 0. The highest BCUT2D eigenvalue weighted by molar-refractivity contribution is 5.22. The molecule has 1 aromatic carbocycles. The molecular weight excluding hydrogens is 430 g/mol. The van der Waals surface area contributed by atoms with E-state index in [-0.39, 0.29) is 0 Å². The number of benzene rings is 1. The molecule has 3 rings (SSSR count). The molecular formula is C20H27NO11. The van der Waals surface area contributed by atoms with Crippen LogP contribution in [-0.2, 0) is 18.9 Å². The molecule has 2 fully saturated rings. The molecule has 0 amide bonds. The number of hydrogen-bond donors (Lipinski definition) is 7. The summed E-state index contributed by atoms with van der Waals surface area (Å²) in [6.45, 7) is -1.14. The number of nitrogens with zero attached hydrogens (tertiary/aromatic N) is 1. The fourth-order valence-corrected chi connectivity index (χ4v) is 3.51. The number of rotatable bonds is 7. The van der Waals surface area contributed by atoms with Crippen LogP contribution in [0, 0.1) is 11.3 Å². The molecule has 2 unspecified atom stereocenters. The molecule has 2 saturated heterocycles. The summed E-state index contributed by atoms with van der Waals surface area (Å²) in [5.41, 5.74) is 0.487. The number of hydrogen-bond acceptors (Lipinski definition) is 12. The highest BCUT2D eigenvalue weighted by Crippen LogP contribution is 2.28. The quantitative estimate of drug-likeness (QED) is 0.218. The van der Waals surface area contributed by atoms with Gasteiger partial charge in [-0.1, -0.05) is 30.3 Å². The first-order chi connectivity index (χ1) is 15.3. The maximum absolute atomic E-state index is 10.3. The molecule has 2 heterocycles. The van der Waals surface area contributed by atoms with Crippen LogP contribution < -0.4 is 0 Å². The van der Waals surface area contributed by atoms with Gasteiger partial charge in [-0.3, -0.25) is 0 Å². The van der Waals surface area contributed by atoms with Crippen molar-refractivity contribution < 1.29 is 54.7 Å². The molecule has 0 spiro atoms. The minimum absolute atomic E-state index is 0.487. The highest BCUT2D eigenvalue weighted by atomic mass is 16.7. The third-order valence-corrected chi connectivity index (χ3v) is 5.43. The van der Waals surface area contributed by atoms with Gasteiger partial charge in [0, 0.05) is 0 Å². The third kappa shape index (κ3) is 5.25. The van der Waals surface area contributed by atoms with E-state index in [0.29, 0.717) is 5.56 Å². The van der Waals surface area contributed by atoms with Crippen molar-refractivity contribution in [2.45, 2.75) is 67.5 Å². The molecule has 0 radical (unpaired) electrons. The minimum atomic E-state index is -1.70. The van der Waals surface area contributed by atoms with E-state index >= 15 is 0 Å². The molecule has 1 aromatic rings. The van der Waals surface area contributed by atoms with E-state index in [2.05, 4.69) is 0 Å². The Balaban J connectivity index is 1.65. The zero-order valence-electron chi connectivity index (χ0n) is 16.9. The Morgan fingerprint density at radius 1 is 0.812 bits per heavy atom. The zero-order chi connectivity index (χ0) is 23.4. The van der Waals surface area contributed by atoms with Crippen LogP contribution in [0.25, 0.3) is 0 Å². The van der Waals surface area contributed by atoms with E-state index < -0.39 is 80.7 Å². The van der Waals surface area contributed by atoms with Gasteiger partial charge in [-0.05, 0) is 5.56 Å². The molecule has 178 valence electrons. The van der Waals surface area contributed by atoms with E-state index in [0.717, 1.165) is 0 Å². The van der Waals surface area contributed by atoms with Gasteiger partial charge in [-0.2, -0.15) is 5.26 Å². The summed E-state index contributed by atoms with van der Waals surface area (Å²) in [5.74, 6) is 0. The summed E-state index contributed by atoms with van der Waals surface area (Å²) >= 11 is 0. The molecule has 12 heteroatoms. The molecule has 0 saturated carbocycles. The molecule has 32 heavy (non-hydrogen) atoms. The Morgan fingerprint density at radius 2 is 1.38 bits per heavy atom. The summed E-state index contributed by atoms with van der Waals surface area (Å²) < 4.78 is 21.6. The van der Waals surface area contributed by atoms with Crippen molar-refractivity contribution in [3.63, 3.8) is 0 Å². The van der Waals surface area contributed by atoms with Gasteiger partial charge in [0.25, 0.3) is 0 Å². The fraction of sp³-hybridized carbons (Fsp3) is 0.650. The first kappa shape index (κ1) is 24.9. The first-order valence-corrected chi connectivity index (χ1v) is 10.00. The van der Waals surface area contributed by atoms with Gasteiger partial charge in [0.1, 0.15) is 48.8 Å². The van der Waals surface area contributed by atoms with E-state index in [1.165, 1.54) is 0 Å². The standard InChI is InChI=1S/C20H27NO11/c21-6-10(9-4-2-1-3-5-9)30-20-18(28)16(26)14(24)12(32-20)8-29-19-17(27)15(25)13(23)11(7-22)31-19/h1-5,10-20,22-28H,7-8H2/t10?,11-,12-,13+,14-,15-,16+,17-,18-,19?,20-/m1/s1.